The molecule has 0 spiro atoms. The third kappa shape index (κ3) is 5.36. The van der Waals surface area contributed by atoms with Crippen LogP contribution in [0.15, 0.2) is 75.5 Å². The number of hydrogen-bond donors (Lipinski definition) is 0. The zero-order valence-electron chi connectivity index (χ0n) is 16.1. The smallest absolute Gasteiger partial charge is 0.406 e. The zero-order valence-corrected chi connectivity index (χ0v) is 17.7. The lowest BCUT2D eigenvalue weighted by Gasteiger charge is -2.11. The van der Waals surface area contributed by atoms with Crippen LogP contribution in [0, 0.1) is 0 Å². The van der Waals surface area contributed by atoms with Crippen LogP contribution in [0.25, 0.3) is 0 Å². The molecule has 0 unspecified atom stereocenters. The minimum Gasteiger partial charge on any atom is -0.406 e. The highest BCUT2D eigenvalue weighted by atomic mass is 32.2. The molecule has 0 bridgehead atoms. The van der Waals surface area contributed by atoms with Crippen LogP contribution < -0.4 is 15.2 Å². The van der Waals surface area contributed by atoms with Crippen LogP contribution in [0.4, 0.5) is 26.3 Å². The summed E-state index contributed by atoms with van der Waals surface area (Å²) in [5.41, 5.74) is -1.69. The van der Waals surface area contributed by atoms with Gasteiger partial charge in [-0.2, -0.15) is 7.94 Å². The summed E-state index contributed by atoms with van der Waals surface area (Å²) in [6.45, 7) is 0. The van der Waals surface area contributed by atoms with Crippen LogP contribution in [-0.4, -0.2) is 37.5 Å². The molecule has 9 nitrogen and oxygen atoms in total. The fourth-order valence-corrected chi connectivity index (χ4v) is 5.16. The molecule has 17 heteroatoms. The number of aromatic nitrogens is 2. The first-order valence-electron chi connectivity index (χ1n) is 8.53. The van der Waals surface area contributed by atoms with E-state index in [1.54, 1.807) is 0 Å². The fourth-order valence-electron chi connectivity index (χ4n) is 2.60. The Morgan fingerprint density at radius 2 is 1.00 bits per heavy atom. The first-order chi connectivity index (χ1) is 15.5. The quantitative estimate of drug-likeness (QED) is 0.449. The summed E-state index contributed by atoms with van der Waals surface area (Å²) in [5, 5.41) is 0. The summed E-state index contributed by atoms with van der Waals surface area (Å²) >= 11 is 0. The minimum absolute atomic E-state index is 0.0761. The van der Waals surface area contributed by atoms with Gasteiger partial charge in [-0.3, -0.25) is 0 Å². The van der Waals surface area contributed by atoms with Gasteiger partial charge in [0.2, 0.25) is 0 Å². The van der Waals surface area contributed by atoms with Crippen LogP contribution in [0.3, 0.4) is 0 Å². The summed E-state index contributed by atoms with van der Waals surface area (Å²) in [6, 6.07) is 5.93. The molecule has 3 rings (SSSR count). The van der Waals surface area contributed by atoms with E-state index in [4.69, 9.17) is 0 Å². The maximum Gasteiger partial charge on any atom is 0.573 e. The van der Waals surface area contributed by atoms with E-state index in [0.29, 0.717) is 24.5 Å². The summed E-state index contributed by atoms with van der Waals surface area (Å²) < 4.78 is 132. The molecule has 0 aliphatic rings. The first-order valence-corrected chi connectivity index (χ1v) is 11.4. The average molecular weight is 532 g/mol. The molecule has 0 saturated heterocycles. The molecule has 0 fully saturated rings. The van der Waals surface area contributed by atoms with E-state index >= 15 is 0 Å². The maximum absolute atomic E-state index is 12.7. The van der Waals surface area contributed by atoms with Crippen molar-refractivity contribution in [3.63, 3.8) is 0 Å². The van der Waals surface area contributed by atoms with Crippen molar-refractivity contribution in [3.8, 4) is 11.5 Å². The van der Waals surface area contributed by atoms with Gasteiger partial charge in [0.15, 0.2) is 0 Å². The summed E-state index contributed by atoms with van der Waals surface area (Å²) in [5.74, 6) is -1.84. The fraction of sp³-hybridized carbons (Fsp3) is 0.118. The van der Waals surface area contributed by atoms with Crippen molar-refractivity contribution in [1.82, 2.24) is 7.94 Å². The summed E-state index contributed by atoms with van der Waals surface area (Å²) in [4.78, 5) is 10.9. The maximum atomic E-state index is 12.7. The Balaban J connectivity index is 2.03. The van der Waals surface area contributed by atoms with Gasteiger partial charge in [0, 0.05) is 24.5 Å². The summed E-state index contributed by atoms with van der Waals surface area (Å²) in [7, 11) is -9.81. The van der Waals surface area contributed by atoms with Crippen molar-refractivity contribution in [2.75, 3.05) is 0 Å². The molecule has 0 radical (unpaired) electrons. The van der Waals surface area contributed by atoms with Crippen molar-refractivity contribution in [1.29, 1.82) is 0 Å². The molecule has 3 aromatic rings. The van der Waals surface area contributed by atoms with Crippen molar-refractivity contribution < 1.29 is 52.7 Å². The lowest BCUT2D eigenvalue weighted by Crippen LogP contribution is -2.32. The molecule has 0 N–H and O–H groups in total. The third-order valence-corrected chi connectivity index (χ3v) is 7.20. The van der Waals surface area contributed by atoms with Crippen molar-refractivity contribution in [3.05, 3.63) is 71.4 Å². The van der Waals surface area contributed by atoms with Crippen LogP contribution in [0.5, 0.6) is 11.5 Å². The van der Waals surface area contributed by atoms with Gasteiger partial charge in [0.1, 0.15) is 11.5 Å². The molecular weight excluding hydrogens is 522 g/mol. The Labute approximate surface area is 186 Å². The highest BCUT2D eigenvalue weighted by Crippen LogP contribution is 2.27. The molecule has 0 saturated carbocycles. The number of alkyl halides is 6. The zero-order chi connectivity index (χ0) is 25.5. The van der Waals surface area contributed by atoms with Crippen LogP contribution >= 0.6 is 0 Å². The van der Waals surface area contributed by atoms with Crippen LogP contribution in [0.2, 0.25) is 0 Å². The molecule has 0 aliphatic heterocycles. The van der Waals surface area contributed by atoms with E-state index in [1.807, 2.05) is 0 Å². The molecule has 0 aliphatic carbocycles. The van der Waals surface area contributed by atoms with E-state index in [0.717, 1.165) is 36.4 Å². The molecule has 1 heterocycles. The topological polar surface area (TPSA) is 114 Å². The molecule has 34 heavy (non-hydrogen) atoms. The van der Waals surface area contributed by atoms with Crippen molar-refractivity contribution in [2.24, 2.45) is 0 Å². The van der Waals surface area contributed by atoms with Gasteiger partial charge in [-0.25, -0.2) is 21.6 Å². The lowest BCUT2D eigenvalue weighted by atomic mass is 10.3. The van der Waals surface area contributed by atoms with Gasteiger partial charge in [-0.1, -0.05) is 12.1 Å². The van der Waals surface area contributed by atoms with Crippen molar-refractivity contribution >= 4 is 20.0 Å². The Bertz CT molecular complexity index is 1380. The van der Waals surface area contributed by atoms with Gasteiger partial charge in [0.05, 0.1) is 9.79 Å². The number of hydrogen-bond acceptors (Lipinski definition) is 7. The van der Waals surface area contributed by atoms with Gasteiger partial charge in [-0.15, -0.1) is 26.3 Å². The van der Waals surface area contributed by atoms with Gasteiger partial charge in [-0.05, 0) is 24.3 Å². The lowest BCUT2D eigenvalue weighted by molar-refractivity contribution is -0.275. The average Bonchev–Trinajstić information content (AvgIpc) is 3.09. The highest BCUT2D eigenvalue weighted by molar-refractivity contribution is 7.90. The number of rotatable bonds is 6. The van der Waals surface area contributed by atoms with Crippen molar-refractivity contribution in [2.45, 2.75) is 22.5 Å². The van der Waals surface area contributed by atoms with E-state index in [-0.39, 0.29) is 7.94 Å². The number of nitrogens with zero attached hydrogens (tertiary/aromatic N) is 2. The Hall–Kier alpha value is -3.47. The van der Waals surface area contributed by atoms with Gasteiger partial charge >= 0.3 is 18.4 Å². The number of ether oxygens (including phenoxy) is 2. The van der Waals surface area contributed by atoms with Crippen LogP contribution in [0.1, 0.15) is 0 Å². The van der Waals surface area contributed by atoms with Crippen LogP contribution in [-0.2, 0) is 20.0 Å². The SMILES string of the molecule is O=c1n(S(=O)(=O)c2cccc(OC(F)(F)F)c2)ccn1S(=O)(=O)c1cccc(OC(F)(F)F)c1. The first kappa shape index (κ1) is 25.2. The number of halogens is 6. The number of imidazole rings is 1. The Morgan fingerprint density at radius 1 is 0.647 bits per heavy atom. The summed E-state index contributed by atoms with van der Waals surface area (Å²) in [6.07, 6.45) is -9.27. The molecule has 184 valence electrons. The largest absolute Gasteiger partial charge is 0.573 e. The molecule has 1 aromatic heterocycles. The second kappa shape index (κ2) is 8.39. The Kier molecular flexibility index (Phi) is 6.21. The van der Waals surface area contributed by atoms with E-state index < -0.39 is 59.8 Å². The second-order valence-corrected chi connectivity index (χ2v) is 9.86. The van der Waals surface area contributed by atoms with Gasteiger partial charge in [0.25, 0.3) is 20.0 Å². The van der Waals surface area contributed by atoms with E-state index in [2.05, 4.69) is 9.47 Å². The predicted octanol–water partition coefficient (Wildman–Crippen LogP) is 2.92. The van der Waals surface area contributed by atoms with Gasteiger partial charge < -0.3 is 9.47 Å². The third-order valence-electron chi connectivity index (χ3n) is 3.91. The predicted molar refractivity (Wildman–Crippen MR) is 100 cm³/mol. The second-order valence-electron chi connectivity index (χ2n) is 6.23. The molecule has 0 amide bonds. The Morgan fingerprint density at radius 3 is 1.32 bits per heavy atom. The molecule has 2 aromatic carbocycles. The standard InChI is InChI=1S/C17H10F6N2O7S2/c18-16(19,20)31-11-3-1-5-13(9-11)33(27,28)24-7-8-25(15(24)26)34(29,30)14-6-2-4-12(10-14)32-17(21,22)23/h1-10H. The monoisotopic (exact) mass is 532 g/mol. The molecular formula is C17H10F6N2O7S2. The highest BCUT2D eigenvalue weighted by Gasteiger charge is 2.33. The normalized spacial score (nSPS) is 13.0. The minimum atomic E-state index is -5.14. The van der Waals surface area contributed by atoms with E-state index in [9.17, 15) is 48.0 Å². The number of benzene rings is 2. The van der Waals surface area contributed by atoms with E-state index in [1.165, 1.54) is 0 Å². The molecule has 0 atom stereocenters.